The number of hydrogen-bond acceptors (Lipinski definition) is 9. The number of ketones is 1. The Morgan fingerprint density at radius 1 is 0.957 bits per heavy atom. The molecule has 1 amide bonds. The molecule has 2 aromatic rings. The topological polar surface area (TPSA) is 149 Å². The van der Waals surface area contributed by atoms with Crippen LogP contribution in [0.5, 0.6) is 0 Å². The number of benzene rings is 2. The third-order valence-corrected chi connectivity index (χ3v) is 9.27. The number of methoxy groups -OCH3 is 2. The van der Waals surface area contributed by atoms with Crippen molar-refractivity contribution >= 4 is 25.3 Å². The zero-order chi connectivity index (χ0) is 34.0. The predicted octanol–water partition coefficient (Wildman–Crippen LogP) is 5.95. The number of carboxylic acid groups (broad SMARTS) is 1. The van der Waals surface area contributed by atoms with Crippen molar-refractivity contribution in [1.29, 1.82) is 0 Å². The molecule has 2 N–H and O–H groups in total. The van der Waals surface area contributed by atoms with Gasteiger partial charge in [-0.05, 0) is 42.0 Å². The van der Waals surface area contributed by atoms with Gasteiger partial charge in [0, 0.05) is 53.4 Å². The fraction of sp³-hybridized carbons (Fsp3) is 0.500. The number of unbranched alkanes of at least 4 members (excludes halogenated alkanes) is 3. The maximum absolute atomic E-state index is 12.2. The van der Waals surface area contributed by atoms with Gasteiger partial charge in [-0.1, -0.05) is 67.5 Å². The SMILES string of the molecule is COCc1cccc(C(=O)CP(=O)(OC)OC)c1.COCc1cccc(C(O)/C=C/[C@H]2CCC(=O)N2CCCCCCC(=O)O)c1. The Bertz CT molecular complexity index is 1320. The summed E-state index contributed by atoms with van der Waals surface area (Å²) >= 11 is 0. The van der Waals surface area contributed by atoms with Crippen LogP contribution >= 0.6 is 7.60 Å². The number of nitrogens with zero attached hydrogens (tertiary/aromatic N) is 1. The van der Waals surface area contributed by atoms with E-state index in [1.54, 1.807) is 38.5 Å². The molecule has 1 aliphatic heterocycles. The van der Waals surface area contributed by atoms with Gasteiger partial charge in [-0.3, -0.25) is 18.9 Å². The Morgan fingerprint density at radius 2 is 1.59 bits per heavy atom. The van der Waals surface area contributed by atoms with Crippen LogP contribution < -0.4 is 0 Å². The largest absolute Gasteiger partial charge is 0.481 e. The number of aliphatic hydroxyl groups excluding tert-OH is 1. The molecular formula is C34H48NO10P. The lowest BCUT2D eigenvalue weighted by molar-refractivity contribution is -0.137. The van der Waals surface area contributed by atoms with E-state index in [9.17, 15) is 24.1 Å². The van der Waals surface area contributed by atoms with Crippen LogP contribution in [0.25, 0.3) is 0 Å². The van der Waals surface area contributed by atoms with E-state index in [-0.39, 0.29) is 30.3 Å². The van der Waals surface area contributed by atoms with E-state index in [0.717, 1.165) is 42.4 Å². The van der Waals surface area contributed by atoms with Crippen molar-refractivity contribution in [3.63, 3.8) is 0 Å². The number of aliphatic carboxylic acids is 1. The van der Waals surface area contributed by atoms with Crippen LogP contribution in [0.1, 0.15) is 78.1 Å². The molecule has 1 heterocycles. The van der Waals surface area contributed by atoms with E-state index in [2.05, 4.69) is 0 Å². The van der Waals surface area contributed by atoms with E-state index in [1.807, 2.05) is 41.3 Å². The molecule has 0 aliphatic carbocycles. The monoisotopic (exact) mass is 661 g/mol. The smallest absolute Gasteiger partial charge is 0.337 e. The number of ether oxygens (including phenoxy) is 2. The van der Waals surface area contributed by atoms with Gasteiger partial charge in [-0.25, -0.2) is 0 Å². The minimum absolute atomic E-state index is 0.0170. The van der Waals surface area contributed by atoms with Crippen LogP contribution in [0.4, 0.5) is 0 Å². The highest BCUT2D eigenvalue weighted by molar-refractivity contribution is 7.54. The standard InChI is InChI=1S/C22H31NO5.C12H17O5P/c1-28-16-17-7-6-8-18(15-17)20(24)12-10-19-11-13-21(25)23(19)14-5-3-2-4-9-22(26)27;1-15-8-10-5-4-6-11(7-10)12(13)9-18(14,16-2)17-3/h6-8,10,12,15,19-20,24H,2-5,9,11,13-14,16H2,1H3,(H,26,27);4-7H,8-9H2,1-3H3/b12-10+;/t19-,20?;/m0./s1. The Hall–Kier alpha value is -3.18. The van der Waals surface area contributed by atoms with Gasteiger partial charge in [-0.15, -0.1) is 0 Å². The molecule has 2 aromatic carbocycles. The lowest BCUT2D eigenvalue weighted by atomic mass is 10.0. The van der Waals surface area contributed by atoms with Gasteiger partial charge in [0.15, 0.2) is 5.78 Å². The van der Waals surface area contributed by atoms with Crippen LogP contribution in [-0.4, -0.2) is 80.0 Å². The fourth-order valence-corrected chi connectivity index (χ4v) is 5.95. The first-order chi connectivity index (χ1) is 22.0. The van der Waals surface area contributed by atoms with E-state index < -0.39 is 19.7 Å². The van der Waals surface area contributed by atoms with Gasteiger partial charge < -0.3 is 33.6 Å². The number of hydrogen-bond donors (Lipinski definition) is 2. The van der Waals surface area contributed by atoms with E-state index >= 15 is 0 Å². The van der Waals surface area contributed by atoms with Gasteiger partial charge in [0.25, 0.3) is 0 Å². The molecule has 0 spiro atoms. The predicted molar refractivity (Wildman–Crippen MR) is 175 cm³/mol. The molecule has 254 valence electrons. The summed E-state index contributed by atoms with van der Waals surface area (Å²) in [6.07, 6.45) is 7.56. The van der Waals surface area contributed by atoms with Crippen molar-refractivity contribution in [3.8, 4) is 0 Å². The maximum atomic E-state index is 12.2. The molecule has 0 radical (unpaired) electrons. The van der Waals surface area contributed by atoms with E-state index in [1.165, 1.54) is 14.2 Å². The average Bonchev–Trinajstić information content (AvgIpc) is 3.40. The van der Waals surface area contributed by atoms with Gasteiger partial charge in [-0.2, -0.15) is 0 Å². The number of Topliss-reactive ketones (excluding diaryl/α,β-unsaturated/α-hetero) is 1. The summed E-state index contributed by atoms with van der Waals surface area (Å²) in [5.41, 5.74) is 3.17. The molecule has 2 atom stereocenters. The van der Waals surface area contributed by atoms with Gasteiger partial charge in [0.05, 0.1) is 25.4 Å². The first-order valence-corrected chi connectivity index (χ1v) is 17.1. The molecule has 12 heteroatoms. The summed E-state index contributed by atoms with van der Waals surface area (Å²) in [7, 11) is 2.43. The van der Waals surface area contributed by atoms with Crippen molar-refractivity contribution in [2.24, 2.45) is 0 Å². The number of rotatable bonds is 19. The van der Waals surface area contributed by atoms with Crippen molar-refractivity contribution in [3.05, 3.63) is 82.9 Å². The average molecular weight is 662 g/mol. The Balaban J connectivity index is 0.000000353. The van der Waals surface area contributed by atoms with Crippen molar-refractivity contribution < 1.29 is 47.7 Å². The number of carbonyl (C=O) groups is 3. The fourth-order valence-electron chi connectivity index (χ4n) is 5.01. The third kappa shape index (κ3) is 13.7. The second-order valence-corrected chi connectivity index (χ2v) is 13.2. The molecule has 1 fully saturated rings. The Morgan fingerprint density at radius 3 is 2.22 bits per heavy atom. The molecule has 46 heavy (non-hydrogen) atoms. The molecule has 0 saturated carbocycles. The molecule has 0 aromatic heterocycles. The van der Waals surface area contributed by atoms with Gasteiger partial charge >= 0.3 is 13.6 Å². The number of amides is 1. The molecule has 3 rings (SSSR count). The van der Waals surface area contributed by atoms with Gasteiger partial charge in [0.1, 0.15) is 6.16 Å². The highest BCUT2D eigenvalue weighted by atomic mass is 31.2. The first kappa shape index (κ1) is 39.0. The zero-order valence-electron chi connectivity index (χ0n) is 27.3. The lowest BCUT2D eigenvalue weighted by Gasteiger charge is -2.22. The van der Waals surface area contributed by atoms with Crippen LogP contribution in [0.15, 0.2) is 60.7 Å². The quantitative estimate of drug-likeness (QED) is 0.0801. The summed E-state index contributed by atoms with van der Waals surface area (Å²) < 4.78 is 31.5. The highest BCUT2D eigenvalue weighted by Gasteiger charge is 2.29. The summed E-state index contributed by atoms with van der Waals surface area (Å²) in [4.78, 5) is 36.5. The second-order valence-electron chi connectivity index (χ2n) is 10.9. The first-order valence-electron chi connectivity index (χ1n) is 15.3. The summed E-state index contributed by atoms with van der Waals surface area (Å²) in [6.45, 7) is 1.61. The highest BCUT2D eigenvalue weighted by Crippen LogP contribution is 2.46. The summed E-state index contributed by atoms with van der Waals surface area (Å²) in [6, 6.07) is 14.7. The number of carbonyl (C=O) groups excluding carboxylic acids is 2. The molecule has 1 unspecified atom stereocenters. The third-order valence-electron chi connectivity index (χ3n) is 7.49. The van der Waals surface area contributed by atoms with Gasteiger partial charge in [0.2, 0.25) is 5.91 Å². The number of aliphatic hydroxyl groups is 1. The maximum Gasteiger partial charge on any atom is 0.337 e. The molecule has 1 aliphatic rings. The molecule has 0 bridgehead atoms. The number of carboxylic acids is 1. The molecular weight excluding hydrogens is 613 g/mol. The lowest BCUT2D eigenvalue weighted by Crippen LogP contribution is -2.32. The zero-order valence-corrected chi connectivity index (χ0v) is 28.2. The van der Waals surface area contributed by atoms with Crippen LogP contribution in [0.2, 0.25) is 0 Å². The summed E-state index contributed by atoms with van der Waals surface area (Å²) in [5, 5.41) is 19.1. The van der Waals surface area contributed by atoms with Crippen LogP contribution in [-0.2, 0) is 45.9 Å². The van der Waals surface area contributed by atoms with Crippen molar-refractivity contribution in [2.45, 2.75) is 70.3 Å². The summed E-state index contributed by atoms with van der Waals surface area (Å²) in [5.74, 6) is -0.886. The van der Waals surface area contributed by atoms with Crippen LogP contribution in [0.3, 0.4) is 0 Å². The van der Waals surface area contributed by atoms with E-state index in [0.29, 0.717) is 38.2 Å². The van der Waals surface area contributed by atoms with E-state index in [4.69, 9.17) is 23.6 Å². The Labute approximate surface area is 272 Å². The van der Waals surface area contributed by atoms with Crippen LogP contribution in [0, 0.1) is 0 Å². The minimum atomic E-state index is -3.31. The Kier molecular flexibility index (Phi) is 17.7. The normalized spacial score (nSPS) is 15.5. The van der Waals surface area contributed by atoms with Crippen molar-refractivity contribution in [2.75, 3.05) is 41.1 Å². The second kappa shape index (κ2) is 20.8. The van der Waals surface area contributed by atoms with Crippen molar-refractivity contribution in [1.82, 2.24) is 4.90 Å². The molecule has 1 saturated heterocycles. The minimum Gasteiger partial charge on any atom is -0.481 e. The number of likely N-dealkylation sites (tertiary alicyclic amines) is 1. The molecule has 11 nitrogen and oxygen atoms in total.